The van der Waals surface area contributed by atoms with Crippen molar-refractivity contribution in [1.82, 2.24) is 0 Å². The molecule has 0 saturated carbocycles. The molecular weight excluding hydrogens is 379 g/mol. The maximum Gasteiger partial charge on any atom is 0.238 e. The van der Waals surface area contributed by atoms with Crippen molar-refractivity contribution in [2.45, 2.75) is 23.3 Å². The van der Waals surface area contributed by atoms with Crippen LogP contribution >= 0.6 is 23.2 Å². The zero-order valence-electron chi connectivity index (χ0n) is 13.1. The minimum Gasteiger partial charge on any atom is -0.378 e. The van der Waals surface area contributed by atoms with Crippen molar-refractivity contribution in [1.29, 1.82) is 0 Å². The Balaban J connectivity index is 1.81. The van der Waals surface area contributed by atoms with Crippen molar-refractivity contribution in [3.8, 4) is 0 Å². The van der Waals surface area contributed by atoms with Crippen molar-refractivity contribution < 1.29 is 8.42 Å². The molecule has 130 valence electrons. The van der Waals surface area contributed by atoms with Gasteiger partial charge in [0, 0.05) is 21.7 Å². The second kappa shape index (κ2) is 6.02. The van der Waals surface area contributed by atoms with Crippen LogP contribution < -0.4 is 10.5 Å². The summed E-state index contributed by atoms with van der Waals surface area (Å²) in [4.78, 5) is 0.134. The van der Waals surface area contributed by atoms with E-state index in [-0.39, 0.29) is 22.8 Å². The Morgan fingerprint density at radius 3 is 2.60 bits per heavy atom. The fraction of sp³-hybridized carbons (Fsp3) is 0.222. The topological polar surface area (TPSA) is 72.2 Å². The first-order valence-corrected chi connectivity index (χ1v) is 10.2. The highest BCUT2D eigenvalue weighted by atomic mass is 35.5. The van der Waals surface area contributed by atoms with Crippen LogP contribution in [0.5, 0.6) is 0 Å². The van der Waals surface area contributed by atoms with E-state index in [1.54, 1.807) is 18.2 Å². The number of nitrogens with two attached hydrogens (primary N) is 1. The average molecular weight is 395 g/mol. The summed E-state index contributed by atoms with van der Waals surface area (Å²) in [7, 11) is -3.73. The molecule has 3 N–H and O–H groups in total. The smallest absolute Gasteiger partial charge is 0.238 e. The van der Waals surface area contributed by atoms with Crippen molar-refractivity contribution in [3.63, 3.8) is 0 Å². The van der Waals surface area contributed by atoms with Gasteiger partial charge in [0.05, 0.1) is 10.9 Å². The Kier molecular flexibility index (Phi) is 4.07. The number of halogens is 2. The molecule has 0 fully saturated rings. The van der Waals surface area contributed by atoms with Crippen LogP contribution in [-0.4, -0.2) is 8.42 Å². The largest absolute Gasteiger partial charge is 0.378 e. The highest BCUT2D eigenvalue weighted by Gasteiger charge is 2.39. The van der Waals surface area contributed by atoms with Gasteiger partial charge in [-0.15, -0.1) is 0 Å². The molecule has 0 aromatic heterocycles. The molecule has 3 atom stereocenters. The van der Waals surface area contributed by atoms with Gasteiger partial charge in [-0.2, -0.15) is 0 Å². The molecule has 0 amide bonds. The second-order valence-corrected chi connectivity index (χ2v) is 8.84. The lowest BCUT2D eigenvalue weighted by molar-refractivity contribution is 0.425. The number of anilines is 1. The maximum absolute atomic E-state index is 11.7. The van der Waals surface area contributed by atoms with Crippen LogP contribution in [0.1, 0.15) is 29.5 Å². The molecule has 0 radical (unpaired) electrons. The van der Waals surface area contributed by atoms with E-state index in [0.29, 0.717) is 10.0 Å². The van der Waals surface area contributed by atoms with Crippen LogP contribution in [0.3, 0.4) is 0 Å². The molecule has 1 aliphatic heterocycles. The summed E-state index contributed by atoms with van der Waals surface area (Å²) >= 11 is 12.4. The average Bonchev–Trinajstić information content (AvgIpc) is 3.03. The van der Waals surface area contributed by atoms with Gasteiger partial charge in [0.15, 0.2) is 0 Å². The molecule has 0 unspecified atom stereocenters. The molecule has 2 aliphatic rings. The van der Waals surface area contributed by atoms with Gasteiger partial charge in [0.2, 0.25) is 10.0 Å². The van der Waals surface area contributed by atoms with E-state index >= 15 is 0 Å². The SMILES string of the molecule is NS(=O)(=O)c1ccc2c(c1)[C@@H]1C=CC[C@@H]1[C@@H](c1ccc(Cl)cc1Cl)N2. The first kappa shape index (κ1) is 16.9. The Hall–Kier alpha value is -1.53. The molecule has 2 aromatic carbocycles. The highest BCUT2D eigenvalue weighted by Crippen LogP contribution is 2.51. The number of hydrogen-bond acceptors (Lipinski definition) is 3. The van der Waals surface area contributed by atoms with E-state index < -0.39 is 10.0 Å². The lowest BCUT2D eigenvalue weighted by Gasteiger charge is -2.38. The molecular formula is C18H16Cl2N2O2S. The van der Waals surface area contributed by atoms with Gasteiger partial charge in [0.25, 0.3) is 0 Å². The lowest BCUT2D eigenvalue weighted by Crippen LogP contribution is -2.29. The van der Waals surface area contributed by atoms with Crippen LogP contribution in [0, 0.1) is 5.92 Å². The third-order valence-corrected chi connectivity index (χ3v) is 6.43. The van der Waals surface area contributed by atoms with Gasteiger partial charge in [-0.05, 0) is 53.8 Å². The van der Waals surface area contributed by atoms with E-state index in [1.807, 2.05) is 12.1 Å². The molecule has 2 aromatic rings. The zero-order valence-corrected chi connectivity index (χ0v) is 15.4. The minimum atomic E-state index is -3.73. The molecule has 7 heteroatoms. The highest BCUT2D eigenvalue weighted by molar-refractivity contribution is 7.89. The fourth-order valence-corrected chi connectivity index (χ4v) is 4.89. The summed E-state index contributed by atoms with van der Waals surface area (Å²) in [6.07, 6.45) is 5.15. The van der Waals surface area contributed by atoms with E-state index in [0.717, 1.165) is 23.2 Å². The Labute approximate surface area is 156 Å². The van der Waals surface area contributed by atoms with Gasteiger partial charge in [-0.25, -0.2) is 13.6 Å². The number of primary sulfonamides is 1. The summed E-state index contributed by atoms with van der Waals surface area (Å²) in [5.41, 5.74) is 2.84. The molecule has 4 rings (SSSR count). The Morgan fingerprint density at radius 1 is 1.08 bits per heavy atom. The second-order valence-electron chi connectivity index (χ2n) is 6.44. The van der Waals surface area contributed by atoms with Crippen LogP contribution in [0.4, 0.5) is 5.69 Å². The number of benzene rings is 2. The van der Waals surface area contributed by atoms with Crippen LogP contribution in [0.15, 0.2) is 53.4 Å². The molecule has 25 heavy (non-hydrogen) atoms. The maximum atomic E-state index is 11.7. The summed E-state index contributed by atoms with van der Waals surface area (Å²) in [5, 5.41) is 10.0. The van der Waals surface area contributed by atoms with Crippen molar-refractivity contribution in [2.75, 3.05) is 5.32 Å². The van der Waals surface area contributed by atoms with E-state index in [9.17, 15) is 8.42 Å². The Bertz CT molecular complexity index is 989. The van der Waals surface area contributed by atoms with Crippen molar-refractivity contribution in [2.24, 2.45) is 11.1 Å². The third kappa shape index (κ3) is 2.95. The van der Waals surface area contributed by atoms with Gasteiger partial charge in [0.1, 0.15) is 0 Å². The lowest BCUT2D eigenvalue weighted by atomic mass is 9.77. The van der Waals surface area contributed by atoms with Crippen molar-refractivity contribution in [3.05, 3.63) is 69.7 Å². The number of nitrogens with one attached hydrogen (secondary N) is 1. The monoisotopic (exact) mass is 394 g/mol. The molecule has 4 nitrogen and oxygen atoms in total. The standard InChI is InChI=1S/C18H16Cl2N2O2S/c19-10-4-6-14(16(20)8-10)18-13-3-1-2-12(13)15-9-11(25(21,23)24)5-7-17(15)22-18/h1-2,4-9,12-13,18,22H,3H2,(H2,21,23,24)/t12-,13+,18+/m1/s1. The predicted octanol–water partition coefficient (Wildman–Crippen LogP) is 4.47. The minimum absolute atomic E-state index is 0.0256. The van der Waals surface area contributed by atoms with E-state index in [4.69, 9.17) is 28.3 Å². The van der Waals surface area contributed by atoms with Crippen LogP contribution in [0.25, 0.3) is 0 Å². The summed E-state index contributed by atoms with van der Waals surface area (Å²) in [5.74, 6) is 0.372. The molecule has 0 bridgehead atoms. The number of fused-ring (bicyclic) bond motifs is 3. The van der Waals surface area contributed by atoms with E-state index in [2.05, 4.69) is 17.5 Å². The third-order valence-electron chi connectivity index (χ3n) is 4.96. The Morgan fingerprint density at radius 2 is 1.88 bits per heavy atom. The summed E-state index contributed by atoms with van der Waals surface area (Å²) in [6, 6.07) is 10.5. The summed E-state index contributed by atoms with van der Waals surface area (Å²) < 4.78 is 23.4. The van der Waals surface area contributed by atoms with Gasteiger partial charge < -0.3 is 5.32 Å². The molecule has 0 spiro atoms. The number of allylic oxidation sites excluding steroid dienone is 2. The fourth-order valence-electron chi connectivity index (χ4n) is 3.81. The van der Waals surface area contributed by atoms with Gasteiger partial charge in [-0.3, -0.25) is 0 Å². The first-order chi connectivity index (χ1) is 11.8. The van der Waals surface area contributed by atoms with E-state index in [1.165, 1.54) is 6.07 Å². The molecule has 0 saturated heterocycles. The van der Waals surface area contributed by atoms with Crippen molar-refractivity contribution >= 4 is 38.9 Å². The summed E-state index contributed by atoms with van der Waals surface area (Å²) in [6.45, 7) is 0. The predicted molar refractivity (Wildman–Crippen MR) is 101 cm³/mol. The first-order valence-electron chi connectivity index (χ1n) is 7.89. The quantitative estimate of drug-likeness (QED) is 0.738. The molecule has 1 heterocycles. The number of sulfonamides is 1. The molecule has 1 aliphatic carbocycles. The van der Waals surface area contributed by atoms with Crippen LogP contribution in [-0.2, 0) is 10.0 Å². The number of hydrogen-bond donors (Lipinski definition) is 2. The number of rotatable bonds is 2. The van der Waals surface area contributed by atoms with Gasteiger partial charge in [-0.1, -0.05) is 41.4 Å². The van der Waals surface area contributed by atoms with Crippen LogP contribution in [0.2, 0.25) is 10.0 Å². The zero-order chi connectivity index (χ0) is 17.8. The normalized spacial score (nSPS) is 24.5. The van der Waals surface area contributed by atoms with Gasteiger partial charge >= 0.3 is 0 Å².